The molecule has 0 bridgehead atoms. The minimum absolute atomic E-state index is 0.355. The zero-order valence-corrected chi connectivity index (χ0v) is 10.3. The Morgan fingerprint density at radius 3 is 2.31 bits per heavy atom. The summed E-state index contributed by atoms with van der Waals surface area (Å²) < 4.78 is 0. The second-order valence-electron chi connectivity index (χ2n) is 4.94. The molecule has 0 saturated heterocycles. The van der Waals surface area contributed by atoms with Crippen molar-refractivity contribution in [3.05, 3.63) is 29.3 Å². The first-order valence-corrected chi connectivity index (χ1v) is 5.88. The highest BCUT2D eigenvalue weighted by atomic mass is 16.1. The molecule has 2 heteroatoms. The molecular weight excluding hydrogens is 198 g/mol. The molecule has 16 heavy (non-hydrogen) atoms. The van der Waals surface area contributed by atoms with Crippen LogP contribution in [0.25, 0.3) is 0 Å². The molecule has 1 aromatic rings. The van der Waals surface area contributed by atoms with Gasteiger partial charge in [-0.2, -0.15) is 0 Å². The summed E-state index contributed by atoms with van der Waals surface area (Å²) >= 11 is 0. The van der Waals surface area contributed by atoms with Crippen molar-refractivity contribution >= 4 is 11.5 Å². The summed E-state index contributed by atoms with van der Waals surface area (Å²) in [7, 11) is 1.99. The highest BCUT2D eigenvalue weighted by Crippen LogP contribution is 2.30. The van der Waals surface area contributed by atoms with Crippen LogP contribution in [-0.4, -0.2) is 19.4 Å². The first kappa shape index (κ1) is 11.2. The number of ketones is 1. The van der Waals surface area contributed by atoms with E-state index in [1.165, 1.54) is 11.1 Å². The van der Waals surface area contributed by atoms with Crippen molar-refractivity contribution < 1.29 is 4.79 Å². The number of rotatable bonds is 4. The predicted molar refractivity (Wildman–Crippen MR) is 66.9 cm³/mol. The van der Waals surface area contributed by atoms with Crippen LogP contribution < -0.4 is 4.90 Å². The lowest BCUT2D eigenvalue weighted by Crippen LogP contribution is -2.26. The summed E-state index contributed by atoms with van der Waals surface area (Å²) in [5.74, 6) is 0.745. The Morgan fingerprint density at radius 1 is 1.25 bits per heavy atom. The molecular formula is C14H19NO. The third-order valence-corrected chi connectivity index (χ3v) is 3.07. The third-order valence-electron chi connectivity index (χ3n) is 3.07. The van der Waals surface area contributed by atoms with Gasteiger partial charge < -0.3 is 4.90 Å². The average molecular weight is 217 g/mol. The van der Waals surface area contributed by atoms with E-state index in [4.69, 9.17) is 0 Å². The van der Waals surface area contributed by atoms with Crippen molar-refractivity contribution in [2.24, 2.45) is 5.92 Å². The number of Topliss-reactive ketones (excluding diaryl/α,β-unsaturated/α-hetero) is 1. The van der Waals surface area contributed by atoms with E-state index in [1.807, 2.05) is 7.05 Å². The van der Waals surface area contributed by atoms with Crippen molar-refractivity contribution in [3.63, 3.8) is 0 Å². The fourth-order valence-electron chi connectivity index (χ4n) is 2.03. The molecule has 2 rings (SSSR count). The highest BCUT2D eigenvalue weighted by Gasteiger charge is 2.29. The van der Waals surface area contributed by atoms with Gasteiger partial charge in [-0.3, -0.25) is 4.79 Å². The van der Waals surface area contributed by atoms with Gasteiger partial charge in [-0.25, -0.2) is 0 Å². The summed E-state index contributed by atoms with van der Waals surface area (Å²) in [4.78, 5) is 13.8. The SMILES string of the molecule is Cc1cc(C)cc(N(C)CC(=O)C2CC2)c1. The van der Waals surface area contributed by atoms with Crippen LogP contribution in [-0.2, 0) is 4.79 Å². The van der Waals surface area contributed by atoms with Crippen LogP contribution >= 0.6 is 0 Å². The zero-order chi connectivity index (χ0) is 11.7. The summed E-state index contributed by atoms with van der Waals surface area (Å²) in [6.45, 7) is 4.73. The predicted octanol–water partition coefficient (Wildman–Crippen LogP) is 2.72. The van der Waals surface area contributed by atoms with Gasteiger partial charge in [0.25, 0.3) is 0 Å². The first-order chi connectivity index (χ1) is 7.56. The number of likely N-dealkylation sites (N-methyl/N-ethyl adjacent to an activating group) is 1. The molecule has 1 saturated carbocycles. The van der Waals surface area contributed by atoms with E-state index in [-0.39, 0.29) is 0 Å². The molecule has 0 aromatic heterocycles. The lowest BCUT2D eigenvalue weighted by molar-refractivity contribution is -0.118. The van der Waals surface area contributed by atoms with Gasteiger partial charge in [0.15, 0.2) is 5.78 Å². The molecule has 0 amide bonds. The third kappa shape index (κ3) is 2.63. The van der Waals surface area contributed by atoms with Gasteiger partial charge in [0.05, 0.1) is 6.54 Å². The summed E-state index contributed by atoms with van der Waals surface area (Å²) in [5, 5.41) is 0. The van der Waals surface area contributed by atoms with Crippen LogP contribution in [0.3, 0.4) is 0 Å². The van der Waals surface area contributed by atoms with Crippen LogP contribution in [0.5, 0.6) is 0 Å². The summed E-state index contributed by atoms with van der Waals surface area (Å²) in [5.41, 5.74) is 3.65. The standard InChI is InChI=1S/C14H19NO/c1-10-6-11(2)8-13(7-10)15(3)9-14(16)12-4-5-12/h6-8,12H,4-5,9H2,1-3H3. The van der Waals surface area contributed by atoms with Crippen molar-refractivity contribution in [2.75, 3.05) is 18.5 Å². The van der Waals surface area contributed by atoms with E-state index in [1.54, 1.807) is 0 Å². The summed E-state index contributed by atoms with van der Waals surface area (Å²) in [6.07, 6.45) is 2.19. The number of aryl methyl sites for hydroxylation is 2. The molecule has 0 N–H and O–H groups in total. The highest BCUT2D eigenvalue weighted by molar-refractivity contribution is 5.87. The molecule has 0 radical (unpaired) electrons. The van der Waals surface area contributed by atoms with Gasteiger partial charge in [-0.05, 0) is 49.9 Å². The zero-order valence-electron chi connectivity index (χ0n) is 10.3. The molecule has 0 aliphatic heterocycles. The van der Waals surface area contributed by atoms with Gasteiger partial charge in [-0.1, -0.05) is 6.07 Å². The van der Waals surface area contributed by atoms with Crippen LogP contribution in [0, 0.1) is 19.8 Å². The second kappa shape index (κ2) is 4.28. The molecule has 2 nitrogen and oxygen atoms in total. The van der Waals surface area contributed by atoms with E-state index in [0.29, 0.717) is 18.2 Å². The minimum Gasteiger partial charge on any atom is -0.367 e. The maximum Gasteiger partial charge on any atom is 0.155 e. The smallest absolute Gasteiger partial charge is 0.155 e. The maximum atomic E-state index is 11.7. The van der Waals surface area contributed by atoms with E-state index in [0.717, 1.165) is 18.5 Å². The molecule has 0 unspecified atom stereocenters. The number of carbonyl (C=O) groups is 1. The summed E-state index contributed by atoms with van der Waals surface area (Å²) in [6, 6.07) is 6.42. The molecule has 86 valence electrons. The number of hydrogen-bond acceptors (Lipinski definition) is 2. The Balaban J connectivity index is 2.07. The number of anilines is 1. The first-order valence-electron chi connectivity index (χ1n) is 5.88. The van der Waals surface area contributed by atoms with Gasteiger partial charge in [0.1, 0.15) is 0 Å². The van der Waals surface area contributed by atoms with Crippen molar-refractivity contribution in [2.45, 2.75) is 26.7 Å². The molecule has 1 aliphatic carbocycles. The fourth-order valence-corrected chi connectivity index (χ4v) is 2.03. The maximum absolute atomic E-state index is 11.7. The Labute approximate surface area is 97.3 Å². The van der Waals surface area contributed by atoms with Crippen molar-refractivity contribution in [1.82, 2.24) is 0 Å². The second-order valence-corrected chi connectivity index (χ2v) is 4.94. The lowest BCUT2D eigenvalue weighted by atomic mass is 10.1. The van der Waals surface area contributed by atoms with Gasteiger partial charge in [-0.15, -0.1) is 0 Å². The number of carbonyl (C=O) groups excluding carboxylic acids is 1. The molecule has 1 aromatic carbocycles. The van der Waals surface area contributed by atoms with E-state index < -0.39 is 0 Å². The molecule has 0 heterocycles. The number of hydrogen-bond donors (Lipinski definition) is 0. The molecule has 0 atom stereocenters. The van der Waals surface area contributed by atoms with Crippen molar-refractivity contribution in [1.29, 1.82) is 0 Å². The Kier molecular flexibility index (Phi) is 2.99. The van der Waals surface area contributed by atoms with Gasteiger partial charge >= 0.3 is 0 Å². The quantitative estimate of drug-likeness (QED) is 0.773. The molecule has 1 fully saturated rings. The largest absolute Gasteiger partial charge is 0.367 e. The van der Waals surface area contributed by atoms with Gasteiger partial charge in [0, 0.05) is 18.7 Å². The van der Waals surface area contributed by atoms with Crippen molar-refractivity contribution in [3.8, 4) is 0 Å². The topological polar surface area (TPSA) is 20.3 Å². The Hall–Kier alpha value is -1.31. The Bertz CT molecular complexity index is 387. The minimum atomic E-state index is 0.355. The molecule has 0 spiro atoms. The van der Waals surface area contributed by atoms with E-state index >= 15 is 0 Å². The number of nitrogens with zero attached hydrogens (tertiary/aromatic N) is 1. The Morgan fingerprint density at radius 2 is 1.81 bits per heavy atom. The van der Waals surface area contributed by atoms with Crippen LogP contribution in [0.2, 0.25) is 0 Å². The van der Waals surface area contributed by atoms with E-state index in [2.05, 4.69) is 36.9 Å². The van der Waals surface area contributed by atoms with E-state index in [9.17, 15) is 4.79 Å². The van der Waals surface area contributed by atoms with Gasteiger partial charge in [0.2, 0.25) is 0 Å². The van der Waals surface area contributed by atoms with Crippen LogP contribution in [0.4, 0.5) is 5.69 Å². The number of benzene rings is 1. The fraction of sp³-hybridized carbons (Fsp3) is 0.500. The van der Waals surface area contributed by atoms with Crippen LogP contribution in [0.15, 0.2) is 18.2 Å². The molecule has 1 aliphatic rings. The monoisotopic (exact) mass is 217 g/mol. The normalized spacial score (nSPS) is 14.9. The van der Waals surface area contributed by atoms with Crippen LogP contribution in [0.1, 0.15) is 24.0 Å². The lowest BCUT2D eigenvalue weighted by Gasteiger charge is -2.19. The average Bonchev–Trinajstić information content (AvgIpc) is 2.98.